The van der Waals surface area contributed by atoms with Crippen LogP contribution in [0.25, 0.3) is 0 Å². The lowest BCUT2D eigenvalue weighted by Crippen LogP contribution is -2.41. The molecule has 124 valence electrons. The van der Waals surface area contributed by atoms with Crippen molar-refractivity contribution in [3.05, 3.63) is 34.9 Å². The van der Waals surface area contributed by atoms with Crippen molar-refractivity contribution in [3.63, 3.8) is 0 Å². The maximum Gasteiger partial charge on any atom is 0.260 e. The summed E-state index contributed by atoms with van der Waals surface area (Å²) in [5, 5.41) is 7.56. The first kappa shape index (κ1) is 16.3. The molecule has 3 rings (SSSR count). The number of nitrogens with zero attached hydrogens (tertiary/aromatic N) is 1. The first-order valence-corrected chi connectivity index (χ1v) is 8.70. The summed E-state index contributed by atoms with van der Waals surface area (Å²) in [6, 6.07) is 7.47. The summed E-state index contributed by atoms with van der Waals surface area (Å²) in [6.45, 7) is 2.06. The largest absolute Gasteiger partial charge is 0.386 e. The van der Waals surface area contributed by atoms with Crippen molar-refractivity contribution in [3.8, 4) is 0 Å². The van der Waals surface area contributed by atoms with Crippen LogP contribution in [0.2, 0.25) is 5.02 Å². The fourth-order valence-corrected chi connectivity index (χ4v) is 4.18. The standard InChI is InChI=1S/C18H23ClN2O2/c1-12(17-9-14-2-5-15(17)8-14)21-18(22)11-23-20-10-13-3-6-16(19)7-4-13/h3-4,6-7,10,12,14-15,17H,2,5,8-9,11H2,1H3,(H,21,22)/b20-10+. The van der Waals surface area contributed by atoms with E-state index in [0.717, 1.165) is 17.4 Å². The fraction of sp³-hybridized carbons (Fsp3) is 0.556. The van der Waals surface area contributed by atoms with E-state index in [9.17, 15) is 4.79 Å². The van der Waals surface area contributed by atoms with E-state index < -0.39 is 0 Å². The topological polar surface area (TPSA) is 50.7 Å². The van der Waals surface area contributed by atoms with Gasteiger partial charge in [0.05, 0.1) is 6.21 Å². The molecular formula is C18H23ClN2O2. The van der Waals surface area contributed by atoms with E-state index in [4.69, 9.17) is 16.4 Å². The van der Waals surface area contributed by atoms with Gasteiger partial charge in [-0.3, -0.25) is 4.79 Å². The molecule has 0 radical (unpaired) electrons. The van der Waals surface area contributed by atoms with Crippen molar-refractivity contribution < 1.29 is 9.63 Å². The summed E-state index contributed by atoms with van der Waals surface area (Å²) in [7, 11) is 0. The maximum absolute atomic E-state index is 11.9. The zero-order valence-corrected chi connectivity index (χ0v) is 14.1. The highest BCUT2D eigenvalue weighted by atomic mass is 35.5. The van der Waals surface area contributed by atoms with E-state index in [1.165, 1.54) is 25.7 Å². The molecule has 1 aromatic rings. The smallest absolute Gasteiger partial charge is 0.260 e. The van der Waals surface area contributed by atoms with Gasteiger partial charge in [0.25, 0.3) is 5.91 Å². The second-order valence-electron chi connectivity index (χ2n) is 6.75. The van der Waals surface area contributed by atoms with E-state index in [-0.39, 0.29) is 18.6 Å². The molecule has 1 amide bonds. The molecule has 2 bridgehead atoms. The van der Waals surface area contributed by atoms with Gasteiger partial charge in [-0.1, -0.05) is 35.3 Å². The zero-order valence-electron chi connectivity index (χ0n) is 13.4. The monoisotopic (exact) mass is 334 g/mol. The highest BCUT2D eigenvalue weighted by Gasteiger charge is 2.42. The van der Waals surface area contributed by atoms with Crippen molar-refractivity contribution in [1.29, 1.82) is 0 Å². The molecule has 4 nitrogen and oxygen atoms in total. The molecule has 4 unspecified atom stereocenters. The van der Waals surface area contributed by atoms with E-state index >= 15 is 0 Å². The molecular weight excluding hydrogens is 312 g/mol. The molecule has 0 aromatic heterocycles. The van der Waals surface area contributed by atoms with Gasteiger partial charge in [0.2, 0.25) is 0 Å². The number of rotatable bonds is 6. The molecule has 1 aromatic carbocycles. The van der Waals surface area contributed by atoms with Crippen molar-refractivity contribution >= 4 is 23.7 Å². The summed E-state index contributed by atoms with van der Waals surface area (Å²) in [5.74, 6) is 2.23. The number of halogens is 1. The molecule has 0 saturated heterocycles. The number of oxime groups is 1. The fourth-order valence-electron chi connectivity index (χ4n) is 4.05. The Hall–Kier alpha value is -1.55. The first-order chi connectivity index (χ1) is 11.1. The zero-order chi connectivity index (χ0) is 16.2. The Morgan fingerprint density at radius 3 is 2.83 bits per heavy atom. The number of hydrogen-bond donors (Lipinski definition) is 1. The van der Waals surface area contributed by atoms with E-state index in [1.54, 1.807) is 18.3 Å². The minimum Gasteiger partial charge on any atom is -0.386 e. The second kappa shape index (κ2) is 7.35. The highest BCUT2D eigenvalue weighted by molar-refractivity contribution is 6.30. The van der Waals surface area contributed by atoms with Crippen LogP contribution in [0, 0.1) is 17.8 Å². The Labute approximate surface area is 142 Å². The van der Waals surface area contributed by atoms with Crippen LogP contribution in [-0.2, 0) is 9.63 Å². The Balaban J connectivity index is 1.38. The molecule has 5 heteroatoms. The van der Waals surface area contributed by atoms with Gasteiger partial charge in [-0.05, 0) is 61.6 Å². The SMILES string of the molecule is CC(NC(=O)CO/N=C/c1ccc(Cl)cc1)C1CC2CCC1C2. The Bertz CT molecular complexity index is 573. The third-order valence-electron chi connectivity index (χ3n) is 5.17. The lowest BCUT2D eigenvalue weighted by molar-refractivity contribution is -0.126. The summed E-state index contributed by atoms with van der Waals surface area (Å²) in [6.07, 6.45) is 6.90. The van der Waals surface area contributed by atoms with Crippen LogP contribution in [0.3, 0.4) is 0 Å². The number of fused-ring (bicyclic) bond motifs is 2. The van der Waals surface area contributed by atoms with Gasteiger partial charge in [-0.2, -0.15) is 0 Å². The Morgan fingerprint density at radius 2 is 2.17 bits per heavy atom. The normalized spacial score (nSPS) is 27.3. The highest BCUT2D eigenvalue weighted by Crippen LogP contribution is 2.49. The van der Waals surface area contributed by atoms with Crippen LogP contribution < -0.4 is 5.32 Å². The molecule has 2 aliphatic carbocycles. The average molecular weight is 335 g/mol. The van der Waals surface area contributed by atoms with Crippen molar-refractivity contribution in [2.24, 2.45) is 22.9 Å². The molecule has 0 spiro atoms. The van der Waals surface area contributed by atoms with Crippen molar-refractivity contribution in [1.82, 2.24) is 5.32 Å². The molecule has 0 aliphatic heterocycles. The minimum atomic E-state index is -0.103. The lowest BCUT2D eigenvalue weighted by atomic mass is 9.84. The van der Waals surface area contributed by atoms with Gasteiger partial charge >= 0.3 is 0 Å². The number of carbonyl (C=O) groups is 1. The molecule has 2 aliphatic rings. The predicted octanol–water partition coefficient (Wildman–Crippen LogP) is 3.63. The van der Waals surface area contributed by atoms with Crippen LogP contribution in [0.5, 0.6) is 0 Å². The van der Waals surface area contributed by atoms with Crippen LogP contribution in [0.1, 0.15) is 38.2 Å². The summed E-state index contributed by atoms with van der Waals surface area (Å²) in [4.78, 5) is 17.0. The molecule has 1 N–H and O–H groups in total. The van der Waals surface area contributed by atoms with E-state index in [0.29, 0.717) is 10.9 Å². The third kappa shape index (κ3) is 4.25. The number of hydrogen-bond acceptors (Lipinski definition) is 3. The number of carbonyl (C=O) groups excluding carboxylic acids is 1. The molecule has 0 heterocycles. The number of benzene rings is 1. The second-order valence-corrected chi connectivity index (χ2v) is 7.19. The maximum atomic E-state index is 11.9. The van der Waals surface area contributed by atoms with Crippen LogP contribution in [0.4, 0.5) is 0 Å². The van der Waals surface area contributed by atoms with E-state index in [2.05, 4.69) is 17.4 Å². The predicted molar refractivity (Wildman–Crippen MR) is 91.5 cm³/mol. The number of amides is 1. The molecule has 2 saturated carbocycles. The van der Waals surface area contributed by atoms with Crippen LogP contribution in [0.15, 0.2) is 29.4 Å². The molecule has 4 atom stereocenters. The Kier molecular flexibility index (Phi) is 5.21. The van der Waals surface area contributed by atoms with Gasteiger partial charge in [-0.25, -0.2) is 0 Å². The van der Waals surface area contributed by atoms with Crippen molar-refractivity contribution in [2.45, 2.75) is 38.6 Å². The summed E-state index contributed by atoms with van der Waals surface area (Å²) in [5.41, 5.74) is 0.880. The van der Waals surface area contributed by atoms with Gasteiger partial charge in [0.1, 0.15) is 0 Å². The van der Waals surface area contributed by atoms with Gasteiger partial charge in [0.15, 0.2) is 6.61 Å². The van der Waals surface area contributed by atoms with Gasteiger partial charge in [-0.15, -0.1) is 0 Å². The molecule has 23 heavy (non-hydrogen) atoms. The third-order valence-corrected chi connectivity index (χ3v) is 5.42. The van der Waals surface area contributed by atoms with Gasteiger partial charge < -0.3 is 10.2 Å². The minimum absolute atomic E-state index is 0.0464. The average Bonchev–Trinajstić information content (AvgIpc) is 3.16. The number of nitrogens with one attached hydrogen (secondary N) is 1. The first-order valence-electron chi connectivity index (χ1n) is 8.32. The summed E-state index contributed by atoms with van der Waals surface area (Å²) < 4.78 is 0. The molecule has 2 fully saturated rings. The Morgan fingerprint density at radius 1 is 1.39 bits per heavy atom. The van der Waals surface area contributed by atoms with Gasteiger partial charge in [0, 0.05) is 11.1 Å². The summed E-state index contributed by atoms with van der Waals surface area (Å²) >= 11 is 5.81. The van der Waals surface area contributed by atoms with Crippen LogP contribution >= 0.6 is 11.6 Å². The van der Waals surface area contributed by atoms with Crippen LogP contribution in [-0.4, -0.2) is 24.8 Å². The lowest BCUT2D eigenvalue weighted by Gasteiger charge is -2.28. The van der Waals surface area contributed by atoms with E-state index in [1.807, 2.05) is 12.1 Å². The van der Waals surface area contributed by atoms with Crippen molar-refractivity contribution in [2.75, 3.05) is 6.61 Å². The quantitative estimate of drug-likeness (QED) is 0.638.